The Kier molecular flexibility index (Phi) is 10.4. The number of rotatable bonds is 11. The maximum absolute atomic E-state index is 13.7. The first kappa shape index (κ1) is 26.7. The Bertz CT molecular complexity index is 872. The summed E-state index contributed by atoms with van der Waals surface area (Å²) in [6.07, 6.45) is -0.0697. The molecular weight excluding hydrogens is 434 g/mol. The van der Waals surface area contributed by atoms with E-state index < -0.39 is 23.8 Å². The number of benzene rings is 2. The lowest BCUT2D eigenvalue weighted by molar-refractivity contribution is -0.135. The molecule has 2 aromatic carbocycles. The molecule has 0 aliphatic rings. The van der Waals surface area contributed by atoms with E-state index in [1.165, 1.54) is 0 Å². The summed E-state index contributed by atoms with van der Waals surface area (Å²) in [5, 5.41) is 2.74. The van der Waals surface area contributed by atoms with Crippen LogP contribution in [0.25, 0.3) is 0 Å². The van der Waals surface area contributed by atoms with Crippen LogP contribution in [0.3, 0.4) is 0 Å². The number of alkyl carbamates (subject to hydrolysis) is 1. The topological polar surface area (TPSA) is 111 Å². The second-order valence-electron chi connectivity index (χ2n) is 9.03. The van der Waals surface area contributed by atoms with Gasteiger partial charge in [0.15, 0.2) is 0 Å². The number of hydrogen-bond acceptors (Lipinski definition) is 5. The molecule has 0 spiro atoms. The van der Waals surface area contributed by atoms with Crippen molar-refractivity contribution in [1.82, 2.24) is 10.2 Å². The molecule has 0 aromatic heterocycles. The number of carbonyl (C=O) groups excluding carboxylic acids is 3. The molecule has 3 amide bonds. The number of hydrogen-bond donors (Lipinski definition) is 2. The predicted octanol–water partition coefficient (Wildman–Crippen LogP) is 4.37. The van der Waals surface area contributed by atoms with Gasteiger partial charge in [-0.05, 0) is 51.2 Å². The van der Waals surface area contributed by atoms with E-state index in [0.29, 0.717) is 32.4 Å². The van der Waals surface area contributed by atoms with Crippen LogP contribution in [0.2, 0.25) is 0 Å². The summed E-state index contributed by atoms with van der Waals surface area (Å²) in [7, 11) is 0. The largest absolute Gasteiger partial charge is 0.450 e. The van der Waals surface area contributed by atoms with Crippen LogP contribution in [0.15, 0.2) is 60.7 Å². The van der Waals surface area contributed by atoms with Gasteiger partial charge < -0.3 is 25.4 Å². The van der Waals surface area contributed by atoms with Gasteiger partial charge in [-0.3, -0.25) is 4.79 Å². The van der Waals surface area contributed by atoms with E-state index >= 15 is 0 Å². The minimum atomic E-state index is -0.837. The molecule has 0 bridgehead atoms. The van der Waals surface area contributed by atoms with Crippen molar-refractivity contribution in [2.75, 3.05) is 6.61 Å². The molecular formula is C26H35N3O5. The number of nitrogens with two attached hydrogens (primary N) is 1. The predicted molar refractivity (Wildman–Crippen MR) is 130 cm³/mol. The molecule has 0 radical (unpaired) electrons. The number of primary amides is 1. The van der Waals surface area contributed by atoms with Gasteiger partial charge in [-0.1, -0.05) is 60.7 Å². The number of unbranched alkanes of at least 4 members (excludes halogenated alkanes) is 1. The van der Waals surface area contributed by atoms with Gasteiger partial charge in [-0.15, -0.1) is 0 Å². The van der Waals surface area contributed by atoms with Gasteiger partial charge in [0.25, 0.3) is 0 Å². The van der Waals surface area contributed by atoms with Crippen LogP contribution in [-0.4, -0.2) is 41.2 Å². The van der Waals surface area contributed by atoms with Gasteiger partial charge in [0.2, 0.25) is 5.91 Å². The van der Waals surface area contributed by atoms with Crippen molar-refractivity contribution in [3.05, 3.63) is 71.8 Å². The number of carbonyl (C=O) groups is 3. The van der Waals surface area contributed by atoms with E-state index in [1.54, 1.807) is 25.7 Å². The van der Waals surface area contributed by atoms with Crippen molar-refractivity contribution < 1.29 is 23.9 Å². The van der Waals surface area contributed by atoms with Crippen LogP contribution < -0.4 is 11.1 Å². The van der Waals surface area contributed by atoms with Crippen molar-refractivity contribution in [1.29, 1.82) is 0 Å². The third kappa shape index (κ3) is 10.4. The summed E-state index contributed by atoms with van der Waals surface area (Å²) in [6.45, 7) is 6.24. The average Bonchev–Trinajstić information content (AvgIpc) is 2.77. The normalized spacial score (nSPS) is 11.9. The fourth-order valence-corrected chi connectivity index (χ4v) is 3.37. The van der Waals surface area contributed by atoms with Gasteiger partial charge in [-0.2, -0.15) is 0 Å². The molecule has 0 aliphatic carbocycles. The highest BCUT2D eigenvalue weighted by molar-refractivity contribution is 5.85. The van der Waals surface area contributed by atoms with Gasteiger partial charge in [-0.25, -0.2) is 9.59 Å². The highest BCUT2D eigenvalue weighted by Gasteiger charge is 2.28. The van der Waals surface area contributed by atoms with E-state index in [0.717, 1.165) is 11.1 Å². The SMILES string of the molecule is CC(C)(C)OC(=O)N[C@@H](CCCCOC(N)=O)C(=O)N(Cc1ccccc1)Cc1ccccc1. The first-order chi connectivity index (χ1) is 16.1. The zero-order chi connectivity index (χ0) is 25.0. The van der Waals surface area contributed by atoms with Crippen molar-refractivity contribution >= 4 is 18.1 Å². The Morgan fingerprint density at radius 2 is 1.44 bits per heavy atom. The molecule has 1 atom stereocenters. The number of ether oxygens (including phenoxy) is 2. The molecule has 2 aromatic rings. The molecule has 0 fully saturated rings. The second kappa shape index (κ2) is 13.2. The zero-order valence-electron chi connectivity index (χ0n) is 20.2. The van der Waals surface area contributed by atoms with Gasteiger partial charge in [0.05, 0.1) is 6.61 Å². The second-order valence-corrected chi connectivity index (χ2v) is 9.03. The maximum atomic E-state index is 13.7. The minimum Gasteiger partial charge on any atom is -0.450 e. The smallest absolute Gasteiger partial charge is 0.408 e. The van der Waals surface area contributed by atoms with Crippen molar-refractivity contribution in [2.24, 2.45) is 5.73 Å². The Morgan fingerprint density at radius 1 is 0.912 bits per heavy atom. The Morgan fingerprint density at radius 3 is 1.91 bits per heavy atom. The van der Waals surface area contributed by atoms with Gasteiger partial charge >= 0.3 is 12.2 Å². The van der Waals surface area contributed by atoms with E-state index in [9.17, 15) is 14.4 Å². The third-order valence-corrected chi connectivity index (χ3v) is 4.86. The van der Waals surface area contributed by atoms with Crippen LogP contribution >= 0.6 is 0 Å². The molecule has 2 rings (SSSR count). The number of nitrogens with zero attached hydrogens (tertiary/aromatic N) is 1. The van der Waals surface area contributed by atoms with Crippen LogP contribution in [0.4, 0.5) is 9.59 Å². The number of amides is 3. The molecule has 34 heavy (non-hydrogen) atoms. The lowest BCUT2D eigenvalue weighted by Gasteiger charge is -2.29. The molecule has 0 heterocycles. The van der Waals surface area contributed by atoms with E-state index in [1.807, 2.05) is 60.7 Å². The zero-order valence-corrected chi connectivity index (χ0v) is 20.2. The summed E-state index contributed by atoms with van der Waals surface area (Å²) in [6, 6.07) is 18.6. The van der Waals surface area contributed by atoms with Crippen LogP contribution in [0.5, 0.6) is 0 Å². The molecule has 8 heteroatoms. The third-order valence-electron chi connectivity index (χ3n) is 4.86. The van der Waals surface area contributed by atoms with E-state index in [-0.39, 0.29) is 12.5 Å². The molecule has 0 saturated carbocycles. The molecule has 0 aliphatic heterocycles. The summed E-state index contributed by atoms with van der Waals surface area (Å²) in [5.41, 5.74) is 6.27. The Balaban J connectivity index is 2.19. The van der Waals surface area contributed by atoms with E-state index in [4.69, 9.17) is 15.2 Å². The fourth-order valence-electron chi connectivity index (χ4n) is 3.37. The standard InChI is InChI=1S/C26H35N3O5/c1-26(2,3)34-25(32)28-22(16-10-11-17-33-24(27)31)23(30)29(18-20-12-6-4-7-13-20)19-21-14-8-5-9-15-21/h4-9,12-15,22H,10-11,16-19H2,1-3H3,(H2,27,31)(H,28,32)/t22-/m0/s1. The van der Waals surface area contributed by atoms with Crippen LogP contribution in [-0.2, 0) is 27.4 Å². The van der Waals surface area contributed by atoms with E-state index in [2.05, 4.69) is 5.32 Å². The summed E-state index contributed by atoms with van der Waals surface area (Å²) in [5.74, 6) is -0.214. The van der Waals surface area contributed by atoms with Crippen molar-refractivity contribution in [3.63, 3.8) is 0 Å². The number of nitrogens with one attached hydrogen (secondary N) is 1. The lowest BCUT2D eigenvalue weighted by Crippen LogP contribution is -2.49. The molecule has 0 unspecified atom stereocenters. The molecule has 184 valence electrons. The average molecular weight is 470 g/mol. The molecule has 8 nitrogen and oxygen atoms in total. The minimum absolute atomic E-state index is 0.153. The van der Waals surface area contributed by atoms with Crippen molar-refractivity contribution in [2.45, 2.75) is 64.8 Å². The lowest BCUT2D eigenvalue weighted by atomic mass is 10.1. The van der Waals surface area contributed by atoms with Crippen molar-refractivity contribution in [3.8, 4) is 0 Å². The van der Waals surface area contributed by atoms with Gasteiger partial charge in [0.1, 0.15) is 11.6 Å². The fraction of sp³-hybridized carbons (Fsp3) is 0.423. The van der Waals surface area contributed by atoms with Crippen LogP contribution in [0, 0.1) is 0 Å². The summed E-state index contributed by atoms with van der Waals surface area (Å²) >= 11 is 0. The monoisotopic (exact) mass is 469 g/mol. The highest BCUT2D eigenvalue weighted by Crippen LogP contribution is 2.15. The first-order valence-electron chi connectivity index (χ1n) is 11.4. The Hall–Kier alpha value is -3.55. The maximum Gasteiger partial charge on any atom is 0.408 e. The molecule has 0 saturated heterocycles. The van der Waals surface area contributed by atoms with Crippen LogP contribution in [0.1, 0.15) is 51.2 Å². The Labute approximate surface area is 201 Å². The quantitative estimate of drug-likeness (QED) is 0.475. The van der Waals surface area contributed by atoms with Gasteiger partial charge in [0, 0.05) is 13.1 Å². The first-order valence-corrected chi connectivity index (χ1v) is 11.4. The highest BCUT2D eigenvalue weighted by atomic mass is 16.6. The summed E-state index contributed by atoms with van der Waals surface area (Å²) < 4.78 is 10.2. The molecule has 3 N–H and O–H groups in total. The summed E-state index contributed by atoms with van der Waals surface area (Å²) in [4.78, 5) is 38.7.